The second kappa shape index (κ2) is 6.92. The van der Waals surface area contributed by atoms with Crippen LogP contribution in [0.25, 0.3) is 0 Å². The van der Waals surface area contributed by atoms with Crippen molar-refractivity contribution >= 4 is 5.91 Å². The van der Waals surface area contributed by atoms with Gasteiger partial charge in [0.05, 0.1) is 6.42 Å². The van der Waals surface area contributed by atoms with Gasteiger partial charge in [0, 0.05) is 6.54 Å². The maximum absolute atomic E-state index is 11.3. The second-order valence-electron chi connectivity index (χ2n) is 3.42. The molecule has 0 aromatic carbocycles. The Hall–Kier alpha value is -1.46. The van der Waals surface area contributed by atoms with Crippen LogP contribution in [0.4, 0.5) is 0 Å². The third-order valence-electron chi connectivity index (χ3n) is 2.06. The molecule has 0 bridgehead atoms. The first-order valence-corrected chi connectivity index (χ1v) is 5.32. The third-order valence-corrected chi connectivity index (χ3v) is 2.06. The molecule has 0 saturated heterocycles. The summed E-state index contributed by atoms with van der Waals surface area (Å²) < 4.78 is 0. The van der Waals surface area contributed by atoms with E-state index in [0.29, 0.717) is 5.82 Å². The van der Waals surface area contributed by atoms with Gasteiger partial charge >= 0.3 is 0 Å². The number of carbonyl (C=O) groups is 1. The van der Waals surface area contributed by atoms with E-state index in [-0.39, 0.29) is 12.3 Å². The molecule has 0 unspecified atom stereocenters. The summed E-state index contributed by atoms with van der Waals surface area (Å²) in [5, 5.41) is 15.9. The number of H-pyrrole nitrogens is 1. The van der Waals surface area contributed by atoms with Crippen LogP contribution < -0.4 is 5.32 Å². The molecule has 1 heterocycles. The van der Waals surface area contributed by atoms with E-state index < -0.39 is 0 Å². The molecule has 0 fully saturated rings. The van der Waals surface area contributed by atoms with E-state index >= 15 is 0 Å². The Labute approximate surface area is 88.8 Å². The molecule has 0 spiro atoms. The SMILES string of the molecule is CCCCCCNC(=O)Cc1nn[nH]n1. The molecule has 15 heavy (non-hydrogen) atoms. The minimum absolute atomic E-state index is 0.0482. The maximum atomic E-state index is 11.3. The van der Waals surface area contributed by atoms with E-state index in [1.54, 1.807) is 0 Å². The number of hydrogen-bond donors (Lipinski definition) is 2. The van der Waals surface area contributed by atoms with E-state index in [2.05, 4.69) is 32.9 Å². The highest BCUT2D eigenvalue weighted by atomic mass is 16.1. The molecule has 0 atom stereocenters. The fraction of sp³-hybridized carbons (Fsp3) is 0.778. The van der Waals surface area contributed by atoms with Gasteiger partial charge in [-0.05, 0) is 6.42 Å². The Morgan fingerprint density at radius 3 is 2.93 bits per heavy atom. The van der Waals surface area contributed by atoms with Crippen LogP contribution >= 0.6 is 0 Å². The molecule has 6 heteroatoms. The zero-order valence-corrected chi connectivity index (χ0v) is 8.99. The average molecular weight is 211 g/mol. The zero-order valence-electron chi connectivity index (χ0n) is 8.99. The molecular weight excluding hydrogens is 194 g/mol. The van der Waals surface area contributed by atoms with E-state index in [9.17, 15) is 4.79 Å². The monoisotopic (exact) mass is 211 g/mol. The Morgan fingerprint density at radius 2 is 2.27 bits per heavy atom. The first kappa shape index (κ1) is 11.6. The van der Waals surface area contributed by atoms with Crippen LogP contribution in [0.1, 0.15) is 38.4 Å². The minimum atomic E-state index is -0.0482. The Kier molecular flexibility index (Phi) is 5.35. The summed E-state index contributed by atoms with van der Waals surface area (Å²) in [6.45, 7) is 2.89. The summed E-state index contributed by atoms with van der Waals surface area (Å²) in [5.41, 5.74) is 0. The van der Waals surface area contributed by atoms with E-state index in [4.69, 9.17) is 0 Å². The average Bonchev–Trinajstić information content (AvgIpc) is 2.70. The molecule has 6 nitrogen and oxygen atoms in total. The Balaban J connectivity index is 2.04. The summed E-state index contributed by atoms with van der Waals surface area (Å²) >= 11 is 0. The molecular formula is C9H17N5O. The quantitative estimate of drug-likeness (QED) is 0.641. The standard InChI is InChI=1S/C9H17N5O/c1-2-3-4-5-6-10-9(15)7-8-11-13-14-12-8/h2-7H2,1H3,(H,10,15)(H,11,12,13,14). The molecule has 0 saturated carbocycles. The lowest BCUT2D eigenvalue weighted by atomic mass is 10.2. The van der Waals surface area contributed by atoms with Crippen molar-refractivity contribution in [1.82, 2.24) is 25.9 Å². The van der Waals surface area contributed by atoms with Gasteiger partial charge in [0.1, 0.15) is 0 Å². The van der Waals surface area contributed by atoms with Crippen molar-refractivity contribution in [2.45, 2.75) is 39.0 Å². The topological polar surface area (TPSA) is 83.6 Å². The van der Waals surface area contributed by atoms with Crippen LogP contribution in [-0.2, 0) is 11.2 Å². The van der Waals surface area contributed by atoms with Crippen molar-refractivity contribution < 1.29 is 4.79 Å². The fourth-order valence-corrected chi connectivity index (χ4v) is 1.24. The van der Waals surface area contributed by atoms with Crippen molar-refractivity contribution in [2.24, 2.45) is 0 Å². The smallest absolute Gasteiger partial charge is 0.227 e. The van der Waals surface area contributed by atoms with Crippen LogP contribution in [0.2, 0.25) is 0 Å². The Morgan fingerprint density at radius 1 is 1.40 bits per heavy atom. The molecule has 1 aromatic heterocycles. The number of aromatic amines is 1. The summed E-state index contributed by atoms with van der Waals surface area (Å²) in [6.07, 6.45) is 4.83. The molecule has 1 aromatic rings. The highest BCUT2D eigenvalue weighted by Crippen LogP contribution is 1.97. The van der Waals surface area contributed by atoms with E-state index in [1.807, 2.05) is 0 Å². The van der Waals surface area contributed by atoms with Crippen LogP contribution in [0.3, 0.4) is 0 Å². The van der Waals surface area contributed by atoms with Gasteiger partial charge in [-0.25, -0.2) is 0 Å². The molecule has 1 amide bonds. The van der Waals surface area contributed by atoms with Crippen LogP contribution in [0.5, 0.6) is 0 Å². The van der Waals surface area contributed by atoms with Gasteiger partial charge in [-0.15, -0.1) is 10.2 Å². The number of nitrogens with zero attached hydrogens (tertiary/aromatic N) is 3. The maximum Gasteiger partial charge on any atom is 0.227 e. The summed E-state index contributed by atoms with van der Waals surface area (Å²) in [4.78, 5) is 11.3. The summed E-state index contributed by atoms with van der Waals surface area (Å²) in [5.74, 6) is 0.383. The predicted octanol–water partition coefficient (Wildman–Crippen LogP) is 0.439. The van der Waals surface area contributed by atoms with Gasteiger partial charge in [-0.1, -0.05) is 31.4 Å². The first-order valence-electron chi connectivity index (χ1n) is 5.32. The molecule has 0 radical (unpaired) electrons. The predicted molar refractivity (Wildman–Crippen MR) is 55.0 cm³/mol. The van der Waals surface area contributed by atoms with Crippen LogP contribution in [0.15, 0.2) is 0 Å². The lowest BCUT2D eigenvalue weighted by Crippen LogP contribution is -2.26. The molecule has 0 aliphatic carbocycles. The highest BCUT2D eigenvalue weighted by Gasteiger charge is 2.05. The van der Waals surface area contributed by atoms with Crippen molar-refractivity contribution in [3.05, 3.63) is 5.82 Å². The molecule has 1 rings (SSSR count). The van der Waals surface area contributed by atoms with Gasteiger partial charge in [0.15, 0.2) is 5.82 Å². The number of aromatic nitrogens is 4. The largest absolute Gasteiger partial charge is 0.356 e. The summed E-state index contributed by atoms with van der Waals surface area (Å²) in [6, 6.07) is 0. The minimum Gasteiger partial charge on any atom is -0.356 e. The molecule has 2 N–H and O–H groups in total. The number of hydrogen-bond acceptors (Lipinski definition) is 4. The number of nitrogens with one attached hydrogen (secondary N) is 2. The molecule has 0 aliphatic heterocycles. The number of carbonyl (C=O) groups excluding carboxylic acids is 1. The van der Waals surface area contributed by atoms with Gasteiger partial charge in [-0.3, -0.25) is 4.79 Å². The second-order valence-corrected chi connectivity index (χ2v) is 3.42. The van der Waals surface area contributed by atoms with Crippen molar-refractivity contribution in [1.29, 1.82) is 0 Å². The van der Waals surface area contributed by atoms with Crippen molar-refractivity contribution in [3.63, 3.8) is 0 Å². The van der Waals surface area contributed by atoms with Gasteiger partial charge < -0.3 is 5.32 Å². The number of unbranched alkanes of at least 4 members (excludes halogenated alkanes) is 3. The van der Waals surface area contributed by atoms with Gasteiger partial charge in [-0.2, -0.15) is 5.21 Å². The fourth-order valence-electron chi connectivity index (χ4n) is 1.24. The van der Waals surface area contributed by atoms with Crippen molar-refractivity contribution in [3.8, 4) is 0 Å². The van der Waals surface area contributed by atoms with Crippen LogP contribution in [-0.4, -0.2) is 33.1 Å². The van der Waals surface area contributed by atoms with Gasteiger partial charge in [0.25, 0.3) is 0 Å². The number of tetrazole rings is 1. The Bertz CT molecular complexity index is 272. The molecule has 84 valence electrons. The lowest BCUT2D eigenvalue weighted by molar-refractivity contribution is -0.120. The first-order chi connectivity index (χ1) is 7.33. The molecule has 0 aliphatic rings. The number of rotatable bonds is 7. The normalized spacial score (nSPS) is 10.2. The zero-order chi connectivity index (χ0) is 10.9. The van der Waals surface area contributed by atoms with Gasteiger partial charge in [0.2, 0.25) is 5.91 Å². The van der Waals surface area contributed by atoms with E-state index in [0.717, 1.165) is 13.0 Å². The van der Waals surface area contributed by atoms with Crippen LogP contribution in [0, 0.1) is 0 Å². The van der Waals surface area contributed by atoms with Crippen molar-refractivity contribution in [2.75, 3.05) is 6.54 Å². The number of amides is 1. The third kappa shape index (κ3) is 5.09. The lowest BCUT2D eigenvalue weighted by Gasteiger charge is -2.02. The van der Waals surface area contributed by atoms with E-state index in [1.165, 1.54) is 19.3 Å². The highest BCUT2D eigenvalue weighted by molar-refractivity contribution is 5.77. The summed E-state index contributed by atoms with van der Waals surface area (Å²) in [7, 11) is 0.